The van der Waals surface area contributed by atoms with E-state index in [2.05, 4.69) is 22.1 Å². The first-order valence-electron chi connectivity index (χ1n) is 13.4. The highest BCUT2D eigenvalue weighted by atomic mass is 16.5. The van der Waals surface area contributed by atoms with E-state index in [0.29, 0.717) is 35.7 Å². The molecule has 208 valence electrons. The van der Waals surface area contributed by atoms with E-state index in [1.165, 1.54) is 0 Å². The van der Waals surface area contributed by atoms with Crippen LogP contribution < -0.4 is 10.1 Å². The number of carbonyl (C=O) groups is 2. The number of aliphatic hydroxyl groups excluding tert-OH is 1. The van der Waals surface area contributed by atoms with Crippen LogP contribution >= 0.6 is 0 Å². The predicted molar refractivity (Wildman–Crippen MR) is 148 cm³/mol. The van der Waals surface area contributed by atoms with E-state index in [9.17, 15) is 14.7 Å². The van der Waals surface area contributed by atoms with E-state index in [4.69, 9.17) is 9.47 Å². The Kier molecular flexibility index (Phi) is 11.1. The summed E-state index contributed by atoms with van der Waals surface area (Å²) in [6.45, 7) is 7.51. The number of hydrogen-bond acceptors (Lipinski definition) is 7. The molecule has 0 fully saturated rings. The van der Waals surface area contributed by atoms with Crippen LogP contribution in [0.25, 0.3) is 0 Å². The molecule has 1 aromatic carbocycles. The third kappa shape index (κ3) is 8.24. The fourth-order valence-electron chi connectivity index (χ4n) is 4.53. The van der Waals surface area contributed by atoms with Crippen LogP contribution in [0.15, 0.2) is 42.7 Å². The number of aromatic nitrogens is 1. The van der Waals surface area contributed by atoms with E-state index < -0.39 is 6.04 Å². The molecule has 2 aromatic rings. The number of benzene rings is 1. The van der Waals surface area contributed by atoms with E-state index in [0.717, 1.165) is 25.8 Å². The van der Waals surface area contributed by atoms with E-state index in [1.54, 1.807) is 47.6 Å². The first kappa shape index (κ1) is 29.5. The van der Waals surface area contributed by atoms with E-state index in [-0.39, 0.29) is 36.5 Å². The van der Waals surface area contributed by atoms with Gasteiger partial charge in [-0.05, 0) is 77.5 Å². The molecule has 38 heavy (non-hydrogen) atoms. The zero-order chi connectivity index (χ0) is 27.7. The molecule has 0 saturated carbocycles. The number of likely N-dealkylation sites (N-methyl/N-ethyl adjacent to an activating group) is 1. The monoisotopic (exact) mass is 526 g/mol. The normalized spacial score (nSPS) is 22.2. The summed E-state index contributed by atoms with van der Waals surface area (Å²) >= 11 is 0. The zero-order valence-corrected chi connectivity index (χ0v) is 23.2. The number of amides is 2. The Labute approximate surface area is 226 Å². The molecule has 9 nitrogen and oxygen atoms in total. The Hall–Kier alpha value is -3.01. The van der Waals surface area contributed by atoms with Gasteiger partial charge in [0.25, 0.3) is 11.8 Å². The van der Waals surface area contributed by atoms with Gasteiger partial charge < -0.3 is 29.7 Å². The Morgan fingerprint density at radius 2 is 1.95 bits per heavy atom. The lowest BCUT2D eigenvalue weighted by molar-refractivity contribution is -0.0137. The third-order valence-electron chi connectivity index (χ3n) is 6.80. The molecule has 2 amide bonds. The summed E-state index contributed by atoms with van der Waals surface area (Å²) in [6, 6.07) is 7.97. The van der Waals surface area contributed by atoms with Gasteiger partial charge in [0.2, 0.25) is 0 Å². The molecule has 2 N–H and O–H groups in total. The fraction of sp³-hybridized carbons (Fsp3) is 0.552. The van der Waals surface area contributed by atoms with Crippen LogP contribution in [-0.4, -0.2) is 90.4 Å². The summed E-state index contributed by atoms with van der Waals surface area (Å²) in [5.74, 6) is -0.0735. The van der Waals surface area contributed by atoms with Crippen molar-refractivity contribution in [3.63, 3.8) is 0 Å². The molecule has 4 atom stereocenters. The zero-order valence-electron chi connectivity index (χ0n) is 23.2. The first-order valence-corrected chi connectivity index (χ1v) is 13.4. The molecule has 0 bridgehead atoms. The highest BCUT2D eigenvalue weighted by molar-refractivity contribution is 6.05. The van der Waals surface area contributed by atoms with Crippen LogP contribution in [0, 0.1) is 5.92 Å². The lowest BCUT2D eigenvalue weighted by Gasteiger charge is -2.35. The minimum atomic E-state index is -0.418. The van der Waals surface area contributed by atoms with Crippen LogP contribution in [0.5, 0.6) is 5.75 Å². The quantitative estimate of drug-likeness (QED) is 0.592. The van der Waals surface area contributed by atoms with E-state index in [1.807, 2.05) is 27.9 Å². The highest BCUT2D eigenvalue weighted by Gasteiger charge is 2.30. The van der Waals surface area contributed by atoms with Crippen molar-refractivity contribution in [3.8, 4) is 5.75 Å². The number of aliphatic hydroxyl groups is 1. The Bertz CT molecular complexity index is 1050. The molecule has 9 heteroatoms. The molecule has 1 aromatic heterocycles. The largest absolute Gasteiger partial charge is 0.490 e. The number of nitrogens with one attached hydrogen (secondary N) is 1. The second-order valence-corrected chi connectivity index (χ2v) is 10.5. The number of hydrogen-bond donors (Lipinski definition) is 2. The highest BCUT2D eigenvalue weighted by Crippen LogP contribution is 2.28. The number of carbonyl (C=O) groups excluding carboxylic acids is 2. The third-order valence-corrected chi connectivity index (χ3v) is 6.80. The van der Waals surface area contributed by atoms with Gasteiger partial charge in [0, 0.05) is 49.3 Å². The molecule has 1 aliphatic rings. The summed E-state index contributed by atoms with van der Waals surface area (Å²) in [5.41, 5.74) is 1.29. The van der Waals surface area contributed by atoms with Gasteiger partial charge in [0.05, 0.1) is 30.4 Å². The molecule has 3 rings (SSSR count). The number of rotatable bonds is 6. The SMILES string of the molecule is C[C@@H]1CN([C@@H](C)CO)C(=O)c2cc(NC(=O)c3ccncc3)ccc2O[C@@H](C)CCCCO[C@H]1CN(C)C. The molecule has 2 heterocycles. The molecule has 0 spiro atoms. The van der Waals surface area contributed by atoms with Crippen LogP contribution in [-0.2, 0) is 4.74 Å². The molecule has 0 radical (unpaired) electrons. The fourth-order valence-corrected chi connectivity index (χ4v) is 4.53. The predicted octanol–water partition coefficient (Wildman–Crippen LogP) is 3.69. The average molecular weight is 527 g/mol. The summed E-state index contributed by atoms with van der Waals surface area (Å²) in [6.07, 6.45) is 5.63. The Morgan fingerprint density at radius 3 is 2.63 bits per heavy atom. The minimum absolute atomic E-state index is 0.0242. The van der Waals surface area contributed by atoms with Crippen LogP contribution in [0.2, 0.25) is 0 Å². The van der Waals surface area contributed by atoms with Gasteiger partial charge in [0.1, 0.15) is 5.75 Å². The standard InChI is InChI=1S/C29H42N4O5/c1-20-17-33(21(2)19-34)29(36)25-16-24(31-28(35)23-11-13-30-14-12-23)9-10-26(25)38-22(3)8-6-7-15-37-27(20)18-32(4)5/h9-14,16,20-22,27,34H,6-8,15,17-19H2,1-5H3,(H,31,35)/t20-,21+,22+,27+/m1/s1. The van der Waals surface area contributed by atoms with Gasteiger partial charge in [-0.15, -0.1) is 0 Å². The minimum Gasteiger partial charge on any atom is -0.490 e. The van der Waals surface area contributed by atoms with Gasteiger partial charge in [-0.2, -0.15) is 0 Å². The van der Waals surface area contributed by atoms with Gasteiger partial charge in [0.15, 0.2) is 0 Å². The van der Waals surface area contributed by atoms with Crippen molar-refractivity contribution in [2.24, 2.45) is 5.92 Å². The number of pyridine rings is 1. The van der Waals surface area contributed by atoms with Crippen LogP contribution in [0.1, 0.15) is 60.7 Å². The van der Waals surface area contributed by atoms with Crippen LogP contribution in [0.3, 0.4) is 0 Å². The van der Waals surface area contributed by atoms with Crippen molar-refractivity contribution in [2.75, 3.05) is 45.7 Å². The van der Waals surface area contributed by atoms with Crippen molar-refractivity contribution in [2.45, 2.75) is 58.3 Å². The Morgan fingerprint density at radius 1 is 1.21 bits per heavy atom. The summed E-state index contributed by atoms with van der Waals surface area (Å²) in [5, 5.41) is 12.9. The second-order valence-electron chi connectivity index (χ2n) is 10.5. The van der Waals surface area contributed by atoms with Crippen molar-refractivity contribution in [1.29, 1.82) is 0 Å². The molecule has 0 unspecified atom stereocenters. The molecule has 1 aliphatic heterocycles. The van der Waals surface area contributed by atoms with Crippen LogP contribution in [0.4, 0.5) is 5.69 Å². The summed E-state index contributed by atoms with van der Waals surface area (Å²) in [4.78, 5) is 34.6. The van der Waals surface area contributed by atoms with Gasteiger partial charge >= 0.3 is 0 Å². The molecule has 0 aliphatic carbocycles. The summed E-state index contributed by atoms with van der Waals surface area (Å²) < 4.78 is 12.5. The van der Waals surface area contributed by atoms with E-state index >= 15 is 0 Å². The maximum absolute atomic E-state index is 14.1. The first-order chi connectivity index (χ1) is 18.2. The number of ether oxygens (including phenoxy) is 2. The van der Waals surface area contributed by atoms with Crippen molar-refractivity contribution >= 4 is 17.5 Å². The van der Waals surface area contributed by atoms with Gasteiger partial charge in [-0.25, -0.2) is 0 Å². The summed E-state index contributed by atoms with van der Waals surface area (Å²) in [7, 11) is 4.02. The number of nitrogens with zero attached hydrogens (tertiary/aromatic N) is 3. The number of anilines is 1. The topological polar surface area (TPSA) is 104 Å². The van der Waals surface area contributed by atoms with Crippen molar-refractivity contribution in [3.05, 3.63) is 53.9 Å². The maximum atomic E-state index is 14.1. The van der Waals surface area contributed by atoms with Crippen molar-refractivity contribution < 1.29 is 24.2 Å². The molecule has 0 saturated heterocycles. The van der Waals surface area contributed by atoms with Gasteiger partial charge in [-0.1, -0.05) is 6.92 Å². The Balaban J connectivity index is 1.98. The maximum Gasteiger partial charge on any atom is 0.258 e. The lowest BCUT2D eigenvalue weighted by atomic mass is 10.0. The average Bonchev–Trinajstić information content (AvgIpc) is 2.90. The van der Waals surface area contributed by atoms with Gasteiger partial charge in [-0.3, -0.25) is 14.6 Å². The smallest absolute Gasteiger partial charge is 0.258 e. The lowest BCUT2D eigenvalue weighted by Crippen LogP contribution is -2.47. The molecular weight excluding hydrogens is 484 g/mol. The molecular formula is C29H42N4O5. The second kappa shape index (κ2) is 14.2. The van der Waals surface area contributed by atoms with Crippen molar-refractivity contribution in [1.82, 2.24) is 14.8 Å². The number of fused-ring (bicyclic) bond motifs is 1.